The molecule has 130 valence electrons. The molecule has 24 heavy (non-hydrogen) atoms. The molecule has 1 aromatic rings. The summed E-state index contributed by atoms with van der Waals surface area (Å²) in [6.45, 7) is 3.91. The molecule has 3 rings (SSSR count). The molecular weight excluding hydrogens is 304 g/mol. The van der Waals surface area contributed by atoms with E-state index in [0.29, 0.717) is 36.0 Å². The molecule has 0 amide bonds. The first-order chi connectivity index (χ1) is 11.8. The lowest BCUT2D eigenvalue weighted by molar-refractivity contribution is -0.0602. The number of para-hydroxylation sites is 1. The Balaban J connectivity index is 1.57. The van der Waals surface area contributed by atoms with Gasteiger partial charge in [0.05, 0.1) is 24.9 Å². The van der Waals surface area contributed by atoms with Crippen molar-refractivity contribution in [2.75, 3.05) is 40.0 Å². The van der Waals surface area contributed by atoms with E-state index in [0.717, 1.165) is 32.7 Å². The number of ether oxygens (including phenoxy) is 3. The van der Waals surface area contributed by atoms with Crippen LogP contribution in [0.25, 0.3) is 0 Å². The van der Waals surface area contributed by atoms with Crippen LogP contribution in [0, 0.1) is 17.2 Å². The number of nitriles is 1. The van der Waals surface area contributed by atoms with Crippen molar-refractivity contribution >= 4 is 0 Å². The zero-order valence-electron chi connectivity index (χ0n) is 14.3. The average molecular weight is 330 g/mol. The third-order valence-electron chi connectivity index (χ3n) is 5.22. The van der Waals surface area contributed by atoms with Gasteiger partial charge in [0.1, 0.15) is 18.4 Å². The predicted octanol–water partition coefficient (Wildman–Crippen LogP) is 2.45. The van der Waals surface area contributed by atoms with Crippen molar-refractivity contribution in [3.8, 4) is 11.8 Å². The lowest BCUT2D eigenvalue weighted by Crippen LogP contribution is -2.52. The lowest BCUT2D eigenvalue weighted by atomic mass is 9.94. The summed E-state index contributed by atoms with van der Waals surface area (Å²) in [6, 6.07) is 9.97. The normalized spacial score (nSPS) is 27.8. The molecule has 1 saturated carbocycles. The van der Waals surface area contributed by atoms with Crippen LogP contribution in [0.4, 0.5) is 0 Å². The van der Waals surface area contributed by atoms with Crippen molar-refractivity contribution in [3.63, 3.8) is 0 Å². The minimum absolute atomic E-state index is 0.347. The fraction of sp³-hybridized carbons (Fsp3) is 0.632. The summed E-state index contributed by atoms with van der Waals surface area (Å²) >= 11 is 0. The highest BCUT2D eigenvalue weighted by Gasteiger charge is 2.38. The number of morpholine rings is 1. The third-order valence-corrected chi connectivity index (χ3v) is 5.22. The Kier molecular flexibility index (Phi) is 6.08. The van der Waals surface area contributed by atoms with Crippen molar-refractivity contribution in [1.82, 2.24) is 4.90 Å². The summed E-state index contributed by atoms with van der Waals surface area (Å²) in [5.74, 6) is 1.21. The standard InChI is InChI=1S/C19H26N2O3/c1-22-19-8-4-6-16(19)17-14-23-11-9-21(17)10-12-24-18-7-3-2-5-15(18)13-20/h2-3,5,7,16-17,19H,4,6,8-12,14H2,1H3/t16-,17+,19+/m0/s1. The Labute approximate surface area is 144 Å². The minimum atomic E-state index is 0.347. The van der Waals surface area contributed by atoms with Crippen LogP contribution in [0.3, 0.4) is 0 Å². The monoisotopic (exact) mass is 330 g/mol. The van der Waals surface area contributed by atoms with Gasteiger partial charge in [-0.1, -0.05) is 18.6 Å². The van der Waals surface area contributed by atoms with Gasteiger partial charge in [0.2, 0.25) is 0 Å². The summed E-state index contributed by atoms with van der Waals surface area (Å²) in [7, 11) is 1.82. The molecule has 5 heteroatoms. The molecule has 2 aliphatic rings. The molecule has 0 bridgehead atoms. The quantitative estimate of drug-likeness (QED) is 0.802. The largest absolute Gasteiger partial charge is 0.491 e. The molecule has 0 unspecified atom stereocenters. The van der Waals surface area contributed by atoms with E-state index in [4.69, 9.17) is 19.5 Å². The van der Waals surface area contributed by atoms with E-state index in [2.05, 4.69) is 11.0 Å². The molecule has 1 saturated heterocycles. The molecule has 3 atom stereocenters. The second-order valence-corrected chi connectivity index (χ2v) is 6.50. The van der Waals surface area contributed by atoms with Crippen LogP contribution in [0.5, 0.6) is 5.75 Å². The first kappa shape index (κ1) is 17.2. The summed E-state index contributed by atoms with van der Waals surface area (Å²) in [5, 5.41) is 9.14. The highest BCUT2D eigenvalue weighted by Crippen LogP contribution is 2.33. The van der Waals surface area contributed by atoms with Gasteiger partial charge in [-0.2, -0.15) is 5.26 Å². The number of methoxy groups -OCH3 is 1. The zero-order valence-corrected chi connectivity index (χ0v) is 14.3. The minimum Gasteiger partial charge on any atom is -0.491 e. The molecular formula is C19H26N2O3. The van der Waals surface area contributed by atoms with Crippen molar-refractivity contribution < 1.29 is 14.2 Å². The van der Waals surface area contributed by atoms with Gasteiger partial charge in [0.15, 0.2) is 0 Å². The Morgan fingerprint density at radius 3 is 3.04 bits per heavy atom. The van der Waals surface area contributed by atoms with E-state index in [1.807, 2.05) is 25.3 Å². The molecule has 1 aliphatic carbocycles. The van der Waals surface area contributed by atoms with E-state index in [1.165, 1.54) is 12.8 Å². The van der Waals surface area contributed by atoms with Crippen LogP contribution in [0.1, 0.15) is 24.8 Å². The van der Waals surface area contributed by atoms with E-state index in [-0.39, 0.29) is 0 Å². The van der Waals surface area contributed by atoms with Gasteiger partial charge in [-0.3, -0.25) is 4.90 Å². The number of hydrogen-bond acceptors (Lipinski definition) is 5. The lowest BCUT2D eigenvalue weighted by Gasteiger charge is -2.40. The number of nitrogens with zero attached hydrogens (tertiary/aromatic N) is 2. The Bertz CT molecular complexity index is 572. The summed E-state index contributed by atoms with van der Waals surface area (Å²) in [4.78, 5) is 2.47. The van der Waals surface area contributed by atoms with Gasteiger partial charge >= 0.3 is 0 Å². The van der Waals surface area contributed by atoms with E-state index < -0.39 is 0 Å². The van der Waals surface area contributed by atoms with Gasteiger partial charge in [-0.15, -0.1) is 0 Å². The third kappa shape index (κ3) is 3.89. The fourth-order valence-corrected chi connectivity index (χ4v) is 3.97. The maximum Gasteiger partial charge on any atom is 0.137 e. The van der Waals surface area contributed by atoms with Crippen molar-refractivity contribution in [2.24, 2.45) is 5.92 Å². The highest BCUT2D eigenvalue weighted by atomic mass is 16.5. The zero-order chi connectivity index (χ0) is 16.8. The molecule has 1 aliphatic heterocycles. The SMILES string of the molecule is CO[C@@H]1CCC[C@H]1[C@H]1COCCN1CCOc1ccccc1C#N. The van der Waals surface area contributed by atoms with Crippen LogP contribution in [-0.4, -0.2) is 57.1 Å². The maximum absolute atomic E-state index is 9.14. The van der Waals surface area contributed by atoms with Crippen LogP contribution >= 0.6 is 0 Å². The molecule has 1 heterocycles. The van der Waals surface area contributed by atoms with Crippen molar-refractivity contribution in [3.05, 3.63) is 29.8 Å². The average Bonchev–Trinajstić information content (AvgIpc) is 3.11. The topological polar surface area (TPSA) is 54.7 Å². The fourth-order valence-electron chi connectivity index (χ4n) is 3.97. The number of benzene rings is 1. The highest BCUT2D eigenvalue weighted by molar-refractivity contribution is 5.42. The van der Waals surface area contributed by atoms with Gasteiger partial charge in [0.25, 0.3) is 0 Å². The summed E-state index contributed by atoms with van der Waals surface area (Å²) in [5.41, 5.74) is 0.589. The predicted molar refractivity (Wildman–Crippen MR) is 91.0 cm³/mol. The van der Waals surface area contributed by atoms with E-state index in [1.54, 1.807) is 6.07 Å². The number of hydrogen-bond donors (Lipinski definition) is 0. The molecule has 2 fully saturated rings. The van der Waals surface area contributed by atoms with Gasteiger partial charge in [-0.05, 0) is 25.0 Å². The van der Waals surface area contributed by atoms with Crippen LogP contribution in [0.2, 0.25) is 0 Å². The van der Waals surface area contributed by atoms with E-state index in [9.17, 15) is 0 Å². The Morgan fingerprint density at radius 2 is 2.21 bits per heavy atom. The van der Waals surface area contributed by atoms with Gasteiger partial charge < -0.3 is 14.2 Å². The molecule has 5 nitrogen and oxygen atoms in total. The Morgan fingerprint density at radius 1 is 1.33 bits per heavy atom. The second kappa shape index (κ2) is 8.48. The summed E-state index contributed by atoms with van der Waals surface area (Å²) in [6.07, 6.45) is 3.94. The Hall–Kier alpha value is -1.61. The maximum atomic E-state index is 9.14. The first-order valence-electron chi connectivity index (χ1n) is 8.80. The smallest absolute Gasteiger partial charge is 0.137 e. The van der Waals surface area contributed by atoms with Crippen molar-refractivity contribution in [2.45, 2.75) is 31.4 Å². The summed E-state index contributed by atoms with van der Waals surface area (Å²) < 4.78 is 17.3. The number of rotatable bonds is 6. The first-order valence-corrected chi connectivity index (χ1v) is 8.80. The molecule has 0 N–H and O–H groups in total. The van der Waals surface area contributed by atoms with E-state index >= 15 is 0 Å². The van der Waals surface area contributed by atoms with Crippen LogP contribution in [0.15, 0.2) is 24.3 Å². The molecule has 0 radical (unpaired) electrons. The second-order valence-electron chi connectivity index (χ2n) is 6.50. The van der Waals surface area contributed by atoms with Gasteiger partial charge in [-0.25, -0.2) is 0 Å². The van der Waals surface area contributed by atoms with Gasteiger partial charge in [0, 0.05) is 32.2 Å². The molecule has 0 aromatic heterocycles. The molecule has 1 aromatic carbocycles. The van der Waals surface area contributed by atoms with Crippen LogP contribution in [-0.2, 0) is 9.47 Å². The molecule has 0 spiro atoms. The van der Waals surface area contributed by atoms with Crippen molar-refractivity contribution in [1.29, 1.82) is 5.26 Å². The van der Waals surface area contributed by atoms with Crippen LogP contribution < -0.4 is 4.74 Å².